The predicted octanol–water partition coefficient (Wildman–Crippen LogP) is 3.80. The fourth-order valence-electron chi connectivity index (χ4n) is 3.16. The highest BCUT2D eigenvalue weighted by atomic mass is 35.5. The molecule has 2 heterocycles. The normalized spacial score (nSPS) is 27.7. The van der Waals surface area contributed by atoms with E-state index in [1.807, 2.05) is 6.92 Å². The first-order chi connectivity index (χ1) is 9.04. The third kappa shape index (κ3) is 2.71. The molecule has 2 unspecified atom stereocenters. The van der Waals surface area contributed by atoms with Crippen LogP contribution < -0.4 is 4.90 Å². The van der Waals surface area contributed by atoms with Gasteiger partial charge >= 0.3 is 0 Å². The first-order valence-corrected chi connectivity index (χ1v) is 7.71. The van der Waals surface area contributed by atoms with Crippen LogP contribution in [0.25, 0.3) is 0 Å². The molecule has 3 nitrogen and oxygen atoms in total. The Balaban J connectivity index is 1.94. The minimum absolute atomic E-state index is 0.552. The number of nitrogens with zero attached hydrogens (tertiary/aromatic N) is 3. The van der Waals surface area contributed by atoms with E-state index in [4.69, 9.17) is 16.6 Å². The predicted molar refractivity (Wildman–Crippen MR) is 78.9 cm³/mol. The fourth-order valence-corrected chi connectivity index (χ4v) is 3.33. The fraction of sp³-hybridized carbons (Fsp3) is 0.733. The van der Waals surface area contributed by atoms with Crippen molar-refractivity contribution in [2.24, 2.45) is 11.8 Å². The van der Waals surface area contributed by atoms with Crippen molar-refractivity contribution in [1.29, 1.82) is 0 Å². The summed E-state index contributed by atoms with van der Waals surface area (Å²) in [7, 11) is 0. The van der Waals surface area contributed by atoms with E-state index in [1.165, 1.54) is 19.3 Å². The summed E-state index contributed by atoms with van der Waals surface area (Å²) in [5.41, 5.74) is 1.03. The van der Waals surface area contributed by atoms with Gasteiger partial charge in [-0.2, -0.15) is 0 Å². The summed E-state index contributed by atoms with van der Waals surface area (Å²) in [5, 5.41) is 0.637. The lowest BCUT2D eigenvalue weighted by Crippen LogP contribution is -2.39. The molecule has 0 N–H and O–H groups in total. The third-order valence-corrected chi connectivity index (χ3v) is 4.56. The monoisotopic (exact) mass is 279 g/mol. The molecule has 2 atom stereocenters. The number of hydrogen-bond donors (Lipinski definition) is 0. The van der Waals surface area contributed by atoms with Gasteiger partial charge in [0.1, 0.15) is 16.8 Å². The number of aromatic nitrogens is 2. The molecule has 0 radical (unpaired) electrons. The molecule has 1 aromatic heterocycles. The molecule has 19 heavy (non-hydrogen) atoms. The minimum Gasteiger partial charge on any atom is -0.356 e. The van der Waals surface area contributed by atoms with E-state index in [0.717, 1.165) is 42.1 Å². The standard InChI is InChI=1S/C15H22ClN3/c1-9-6-10(2)8-19(7-9)15-11(3)13(16)17-14(18-15)12-4-5-12/h9-10,12H,4-8H2,1-3H3. The first-order valence-electron chi connectivity index (χ1n) is 7.33. The number of anilines is 1. The van der Waals surface area contributed by atoms with Crippen LogP contribution in [-0.4, -0.2) is 23.1 Å². The highest BCUT2D eigenvalue weighted by Gasteiger charge is 2.30. The van der Waals surface area contributed by atoms with E-state index >= 15 is 0 Å². The third-order valence-electron chi connectivity index (χ3n) is 4.19. The molecule has 0 aromatic carbocycles. The van der Waals surface area contributed by atoms with Gasteiger partial charge in [0, 0.05) is 24.6 Å². The average molecular weight is 280 g/mol. The van der Waals surface area contributed by atoms with E-state index < -0.39 is 0 Å². The van der Waals surface area contributed by atoms with Gasteiger partial charge in [-0.1, -0.05) is 25.4 Å². The maximum atomic E-state index is 6.31. The van der Waals surface area contributed by atoms with E-state index in [-0.39, 0.29) is 0 Å². The summed E-state index contributed by atoms with van der Waals surface area (Å²) in [4.78, 5) is 11.7. The van der Waals surface area contributed by atoms with Crippen LogP contribution in [0, 0.1) is 18.8 Å². The molecular formula is C15H22ClN3. The maximum absolute atomic E-state index is 6.31. The SMILES string of the molecule is Cc1c(Cl)nc(C2CC2)nc1N1CC(C)CC(C)C1. The lowest BCUT2D eigenvalue weighted by atomic mass is 9.92. The van der Waals surface area contributed by atoms with Gasteiger partial charge in [-0.05, 0) is 38.0 Å². The first kappa shape index (κ1) is 13.2. The Bertz CT molecular complexity index is 475. The summed E-state index contributed by atoms with van der Waals surface area (Å²) in [5.74, 6) is 4.02. The molecule has 1 aromatic rings. The molecule has 1 aliphatic heterocycles. The lowest BCUT2D eigenvalue weighted by molar-refractivity contribution is 0.355. The summed E-state index contributed by atoms with van der Waals surface area (Å²) < 4.78 is 0. The van der Waals surface area contributed by atoms with Gasteiger partial charge < -0.3 is 4.90 Å². The zero-order chi connectivity index (χ0) is 13.6. The van der Waals surface area contributed by atoms with Gasteiger partial charge in [-0.3, -0.25) is 0 Å². The second kappa shape index (κ2) is 4.93. The zero-order valence-corrected chi connectivity index (χ0v) is 12.7. The van der Waals surface area contributed by atoms with Crippen LogP contribution in [-0.2, 0) is 0 Å². The van der Waals surface area contributed by atoms with Crippen molar-refractivity contribution in [1.82, 2.24) is 9.97 Å². The summed E-state index contributed by atoms with van der Waals surface area (Å²) in [6.07, 6.45) is 3.74. The molecule has 2 fully saturated rings. The Kier molecular flexibility index (Phi) is 3.42. The van der Waals surface area contributed by atoms with Gasteiger partial charge in [0.15, 0.2) is 0 Å². The molecule has 3 rings (SSSR count). The van der Waals surface area contributed by atoms with Crippen LogP contribution in [0.1, 0.15) is 50.4 Å². The highest BCUT2D eigenvalue weighted by Crippen LogP contribution is 2.40. The molecule has 2 aliphatic rings. The molecule has 0 amide bonds. The quantitative estimate of drug-likeness (QED) is 0.771. The summed E-state index contributed by atoms with van der Waals surface area (Å²) >= 11 is 6.31. The van der Waals surface area contributed by atoms with Gasteiger partial charge in [0.05, 0.1) is 0 Å². The van der Waals surface area contributed by atoms with E-state index in [2.05, 4.69) is 23.7 Å². The van der Waals surface area contributed by atoms with Gasteiger partial charge in [0.25, 0.3) is 0 Å². The summed E-state index contributed by atoms with van der Waals surface area (Å²) in [6.45, 7) is 8.86. The Morgan fingerprint density at radius 3 is 2.32 bits per heavy atom. The van der Waals surface area contributed by atoms with Crippen molar-refractivity contribution in [3.05, 3.63) is 16.5 Å². The zero-order valence-electron chi connectivity index (χ0n) is 12.0. The van der Waals surface area contributed by atoms with Crippen molar-refractivity contribution < 1.29 is 0 Å². The average Bonchev–Trinajstić information content (AvgIpc) is 3.15. The Hall–Kier alpha value is -0.830. The number of halogens is 1. The molecule has 104 valence electrons. The Labute approximate surface area is 120 Å². The molecule has 1 saturated carbocycles. The van der Waals surface area contributed by atoms with Crippen LogP contribution in [0.15, 0.2) is 0 Å². The van der Waals surface area contributed by atoms with Crippen molar-refractivity contribution in [2.75, 3.05) is 18.0 Å². The van der Waals surface area contributed by atoms with E-state index in [0.29, 0.717) is 11.1 Å². The molecule has 1 saturated heterocycles. The summed E-state index contributed by atoms with van der Waals surface area (Å²) in [6, 6.07) is 0. The van der Waals surface area contributed by atoms with E-state index in [9.17, 15) is 0 Å². The molecular weight excluding hydrogens is 258 g/mol. The smallest absolute Gasteiger partial charge is 0.137 e. The largest absolute Gasteiger partial charge is 0.356 e. The highest BCUT2D eigenvalue weighted by molar-refractivity contribution is 6.30. The van der Waals surface area contributed by atoms with Crippen molar-refractivity contribution in [3.8, 4) is 0 Å². The van der Waals surface area contributed by atoms with E-state index in [1.54, 1.807) is 0 Å². The second-order valence-electron chi connectivity index (χ2n) is 6.45. The van der Waals surface area contributed by atoms with Crippen LogP contribution >= 0.6 is 11.6 Å². The van der Waals surface area contributed by atoms with Crippen LogP contribution in [0.4, 0.5) is 5.82 Å². The van der Waals surface area contributed by atoms with Gasteiger partial charge in [-0.25, -0.2) is 9.97 Å². The number of piperidine rings is 1. The minimum atomic E-state index is 0.552. The van der Waals surface area contributed by atoms with Crippen molar-refractivity contribution in [3.63, 3.8) is 0 Å². The topological polar surface area (TPSA) is 29.0 Å². The van der Waals surface area contributed by atoms with Crippen molar-refractivity contribution in [2.45, 2.75) is 46.0 Å². The Morgan fingerprint density at radius 1 is 1.11 bits per heavy atom. The van der Waals surface area contributed by atoms with Gasteiger partial charge in [0.2, 0.25) is 0 Å². The molecule has 4 heteroatoms. The van der Waals surface area contributed by atoms with Gasteiger partial charge in [-0.15, -0.1) is 0 Å². The lowest BCUT2D eigenvalue weighted by Gasteiger charge is -2.36. The van der Waals surface area contributed by atoms with Crippen LogP contribution in [0.2, 0.25) is 5.15 Å². The second-order valence-corrected chi connectivity index (χ2v) is 6.80. The number of rotatable bonds is 2. The maximum Gasteiger partial charge on any atom is 0.137 e. The molecule has 0 bridgehead atoms. The molecule has 0 spiro atoms. The van der Waals surface area contributed by atoms with Crippen LogP contribution in [0.5, 0.6) is 0 Å². The number of hydrogen-bond acceptors (Lipinski definition) is 3. The van der Waals surface area contributed by atoms with Crippen molar-refractivity contribution >= 4 is 17.4 Å². The Morgan fingerprint density at radius 2 is 1.74 bits per heavy atom. The van der Waals surface area contributed by atoms with Crippen LogP contribution in [0.3, 0.4) is 0 Å². The molecule has 1 aliphatic carbocycles.